The molecule has 0 aliphatic carbocycles. The normalized spacial score (nSPS) is 11.5. The summed E-state index contributed by atoms with van der Waals surface area (Å²) in [5.41, 5.74) is 2.23. The summed E-state index contributed by atoms with van der Waals surface area (Å²) in [6, 6.07) is 13.4. The van der Waals surface area contributed by atoms with Gasteiger partial charge in [-0.15, -0.1) is 0 Å². The summed E-state index contributed by atoms with van der Waals surface area (Å²) >= 11 is 4.86. The van der Waals surface area contributed by atoms with Crippen molar-refractivity contribution in [3.63, 3.8) is 0 Å². The van der Waals surface area contributed by atoms with Crippen LogP contribution >= 0.6 is 27.9 Å². The lowest BCUT2D eigenvalue weighted by Gasteiger charge is -2.25. The van der Waals surface area contributed by atoms with Crippen molar-refractivity contribution < 1.29 is 13.9 Å². The van der Waals surface area contributed by atoms with Gasteiger partial charge in [0, 0.05) is 25.7 Å². The van der Waals surface area contributed by atoms with Crippen molar-refractivity contribution in [2.45, 2.75) is 24.7 Å². The van der Waals surface area contributed by atoms with Gasteiger partial charge in [-0.25, -0.2) is 8.70 Å². The van der Waals surface area contributed by atoms with E-state index in [-0.39, 0.29) is 12.1 Å². The van der Waals surface area contributed by atoms with E-state index in [4.69, 9.17) is 9.47 Å². The van der Waals surface area contributed by atoms with Crippen LogP contribution in [0.5, 0.6) is 0 Å². The molecule has 0 saturated heterocycles. The summed E-state index contributed by atoms with van der Waals surface area (Å²) in [7, 11) is 3.24. The minimum Gasteiger partial charge on any atom is -0.355 e. The summed E-state index contributed by atoms with van der Waals surface area (Å²) in [6.07, 6.45) is -0.327. The van der Waals surface area contributed by atoms with Gasteiger partial charge < -0.3 is 9.47 Å². The van der Waals surface area contributed by atoms with Gasteiger partial charge in [-0.1, -0.05) is 23.8 Å². The highest BCUT2D eigenvalue weighted by molar-refractivity contribution is 9.10. The van der Waals surface area contributed by atoms with Gasteiger partial charge in [0.2, 0.25) is 0 Å². The summed E-state index contributed by atoms with van der Waals surface area (Å²) in [6.45, 7) is 3.29. The third kappa shape index (κ3) is 5.86. The van der Waals surface area contributed by atoms with Crippen molar-refractivity contribution >= 4 is 27.9 Å². The average molecular weight is 414 g/mol. The van der Waals surface area contributed by atoms with Crippen molar-refractivity contribution in [1.82, 2.24) is 4.31 Å². The van der Waals surface area contributed by atoms with Gasteiger partial charge in [0.1, 0.15) is 5.82 Å². The Hall–Kier alpha value is -0.920. The van der Waals surface area contributed by atoms with Gasteiger partial charge >= 0.3 is 0 Å². The molecule has 0 N–H and O–H groups in total. The van der Waals surface area contributed by atoms with Crippen molar-refractivity contribution in [2.24, 2.45) is 0 Å². The van der Waals surface area contributed by atoms with Crippen LogP contribution in [0.4, 0.5) is 4.39 Å². The minimum atomic E-state index is -0.327. The molecule has 0 heterocycles. The third-order valence-electron chi connectivity index (χ3n) is 3.48. The quantitative estimate of drug-likeness (QED) is 0.447. The van der Waals surface area contributed by atoms with E-state index in [0.29, 0.717) is 17.6 Å². The Bertz CT molecular complexity index is 650. The Balaban J connectivity index is 2.14. The summed E-state index contributed by atoms with van der Waals surface area (Å²) in [5, 5.41) is 0. The van der Waals surface area contributed by atoms with E-state index in [0.717, 1.165) is 10.5 Å². The number of nitrogens with zero attached hydrogens (tertiary/aromatic N) is 1. The maximum absolute atomic E-state index is 13.4. The van der Waals surface area contributed by atoms with Crippen molar-refractivity contribution in [1.29, 1.82) is 0 Å². The van der Waals surface area contributed by atoms with Crippen LogP contribution in [0.25, 0.3) is 0 Å². The summed E-state index contributed by atoms with van der Waals surface area (Å²) < 4.78 is 26.7. The molecule has 0 radical (unpaired) electrons. The van der Waals surface area contributed by atoms with Crippen LogP contribution in [0.15, 0.2) is 51.8 Å². The molecule has 2 aromatic carbocycles. The largest absolute Gasteiger partial charge is 0.355 e. The summed E-state index contributed by atoms with van der Waals surface area (Å²) in [4.78, 5) is 1.13. The molecule has 0 aliphatic rings. The molecule has 0 fully saturated rings. The highest BCUT2D eigenvalue weighted by Crippen LogP contribution is 2.27. The van der Waals surface area contributed by atoms with Crippen molar-refractivity contribution in [3.8, 4) is 0 Å². The molecule has 0 aromatic heterocycles. The fourth-order valence-corrected chi connectivity index (χ4v) is 3.53. The third-order valence-corrected chi connectivity index (χ3v) is 5.10. The zero-order valence-electron chi connectivity index (χ0n) is 14.0. The number of hydrogen-bond acceptors (Lipinski definition) is 4. The maximum atomic E-state index is 13.4. The molecule has 0 saturated carbocycles. The number of rotatable bonds is 8. The minimum absolute atomic E-state index is 0.261. The SMILES string of the molecule is COC(CN(Cc1ccc(F)c(Br)c1)Sc1ccc(C)cc1)OC. The number of halogens is 2. The molecule has 0 aliphatic heterocycles. The van der Waals surface area contributed by atoms with Crippen LogP contribution in [0.3, 0.4) is 0 Å². The highest BCUT2D eigenvalue weighted by atomic mass is 79.9. The molecule has 0 atom stereocenters. The predicted octanol–water partition coefficient (Wildman–Crippen LogP) is 5.02. The molecule has 2 aromatic rings. The second-order valence-electron chi connectivity index (χ2n) is 5.38. The lowest BCUT2D eigenvalue weighted by Crippen LogP contribution is -2.29. The molecule has 0 bridgehead atoms. The fraction of sp³-hybridized carbons (Fsp3) is 0.333. The molecular weight excluding hydrogens is 393 g/mol. The topological polar surface area (TPSA) is 21.7 Å². The number of ether oxygens (including phenoxy) is 2. The molecule has 0 unspecified atom stereocenters. The predicted molar refractivity (Wildman–Crippen MR) is 99.4 cm³/mol. The maximum Gasteiger partial charge on any atom is 0.170 e. The van der Waals surface area contributed by atoms with Crippen LogP contribution in [-0.4, -0.2) is 31.4 Å². The van der Waals surface area contributed by atoms with Crippen LogP contribution in [0, 0.1) is 12.7 Å². The standard InChI is InChI=1S/C18H21BrFNO2S/c1-13-4-7-15(8-5-13)24-21(12-18(22-2)23-3)11-14-6-9-17(20)16(19)10-14/h4-10,18H,11-12H2,1-3H3. The van der Waals surface area contributed by atoms with Crippen LogP contribution in [0.2, 0.25) is 0 Å². The average Bonchev–Trinajstić information content (AvgIpc) is 2.58. The zero-order chi connectivity index (χ0) is 17.5. The first-order valence-corrected chi connectivity index (χ1v) is 9.07. The number of aryl methyl sites for hydroxylation is 1. The van der Waals surface area contributed by atoms with Gasteiger partial charge in [-0.3, -0.25) is 0 Å². The highest BCUT2D eigenvalue weighted by Gasteiger charge is 2.16. The van der Waals surface area contributed by atoms with E-state index in [1.807, 2.05) is 0 Å². The van der Waals surface area contributed by atoms with E-state index in [2.05, 4.69) is 51.4 Å². The lowest BCUT2D eigenvalue weighted by molar-refractivity contribution is -0.107. The first-order valence-electron chi connectivity index (χ1n) is 7.51. The van der Waals surface area contributed by atoms with Crippen LogP contribution in [0.1, 0.15) is 11.1 Å². The van der Waals surface area contributed by atoms with Crippen molar-refractivity contribution in [3.05, 3.63) is 63.9 Å². The van der Waals surface area contributed by atoms with Crippen molar-refractivity contribution in [2.75, 3.05) is 20.8 Å². The van der Waals surface area contributed by atoms with E-state index in [1.54, 1.807) is 38.3 Å². The Morgan fingerprint density at radius 2 is 1.79 bits per heavy atom. The molecule has 130 valence electrons. The monoisotopic (exact) mass is 413 g/mol. The molecule has 0 spiro atoms. The van der Waals surface area contributed by atoms with Gasteiger partial charge in [0.05, 0.1) is 11.0 Å². The van der Waals surface area contributed by atoms with Crippen LogP contribution < -0.4 is 0 Å². The lowest BCUT2D eigenvalue weighted by atomic mass is 10.2. The molecule has 24 heavy (non-hydrogen) atoms. The number of methoxy groups -OCH3 is 2. The molecular formula is C18H21BrFNO2S. The number of benzene rings is 2. The van der Waals surface area contributed by atoms with E-state index in [9.17, 15) is 4.39 Å². The van der Waals surface area contributed by atoms with E-state index in [1.165, 1.54) is 11.6 Å². The second kappa shape index (κ2) is 9.53. The van der Waals surface area contributed by atoms with Crippen LogP contribution in [-0.2, 0) is 16.0 Å². The molecule has 3 nitrogen and oxygen atoms in total. The smallest absolute Gasteiger partial charge is 0.170 e. The number of hydrogen-bond donors (Lipinski definition) is 0. The molecule has 6 heteroatoms. The Morgan fingerprint density at radius 3 is 2.38 bits per heavy atom. The summed E-state index contributed by atoms with van der Waals surface area (Å²) in [5.74, 6) is -0.261. The first-order chi connectivity index (χ1) is 11.5. The van der Waals surface area contributed by atoms with E-state index >= 15 is 0 Å². The fourth-order valence-electron chi connectivity index (χ4n) is 2.14. The van der Waals surface area contributed by atoms with Gasteiger partial charge in [0.15, 0.2) is 6.29 Å². The van der Waals surface area contributed by atoms with Gasteiger partial charge in [-0.05, 0) is 64.6 Å². The Labute approximate surface area is 155 Å². The van der Waals surface area contributed by atoms with Gasteiger partial charge in [0.25, 0.3) is 0 Å². The molecule has 0 amide bonds. The van der Waals surface area contributed by atoms with E-state index < -0.39 is 0 Å². The second-order valence-corrected chi connectivity index (χ2v) is 7.40. The Kier molecular flexibility index (Phi) is 7.71. The van der Waals surface area contributed by atoms with Gasteiger partial charge in [-0.2, -0.15) is 0 Å². The zero-order valence-corrected chi connectivity index (χ0v) is 16.4. The molecule has 2 rings (SSSR count). The first kappa shape index (κ1) is 19.4. The Morgan fingerprint density at radius 1 is 1.12 bits per heavy atom.